The third-order valence-electron chi connectivity index (χ3n) is 3.28. The minimum atomic E-state index is -4.41. The first-order chi connectivity index (χ1) is 8.88. The molecule has 1 aromatic rings. The summed E-state index contributed by atoms with van der Waals surface area (Å²) in [7, 11) is 0. The predicted molar refractivity (Wildman–Crippen MR) is 70.2 cm³/mol. The van der Waals surface area contributed by atoms with Gasteiger partial charge < -0.3 is 10.1 Å². The van der Waals surface area contributed by atoms with Crippen molar-refractivity contribution in [2.45, 2.75) is 25.6 Å². The lowest BCUT2D eigenvalue weighted by Crippen LogP contribution is -2.43. The van der Waals surface area contributed by atoms with Crippen LogP contribution in [-0.4, -0.2) is 19.2 Å². The predicted octanol–water partition coefficient (Wildman–Crippen LogP) is 3.84. The second-order valence-corrected chi connectivity index (χ2v) is 5.68. The summed E-state index contributed by atoms with van der Waals surface area (Å²) < 4.78 is 44.9. The average molecular weight is 338 g/mol. The van der Waals surface area contributed by atoms with Crippen LogP contribution in [0.1, 0.15) is 18.9 Å². The second-order valence-electron chi connectivity index (χ2n) is 4.76. The lowest BCUT2D eigenvalue weighted by Gasteiger charge is -2.31. The molecule has 0 amide bonds. The van der Waals surface area contributed by atoms with E-state index in [-0.39, 0.29) is 17.8 Å². The Morgan fingerprint density at radius 2 is 2.11 bits per heavy atom. The van der Waals surface area contributed by atoms with Crippen LogP contribution in [0.3, 0.4) is 0 Å². The molecular formula is C13H15BrF3NO. The number of rotatable bonds is 2. The number of hydrogen-bond acceptors (Lipinski definition) is 2. The summed E-state index contributed by atoms with van der Waals surface area (Å²) in [5.41, 5.74) is -0.736. The fourth-order valence-corrected chi connectivity index (χ4v) is 2.47. The van der Waals surface area contributed by atoms with Gasteiger partial charge in [-0.05, 0) is 37.1 Å². The maximum absolute atomic E-state index is 13.0. The molecule has 0 radical (unpaired) electrons. The van der Waals surface area contributed by atoms with Crippen molar-refractivity contribution in [3.8, 4) is 5.75 Å². The average Bonchev–Trinajstić information content (AvgIpc) is 2.33. The van der Waals surface area contributed by atoms with Gasteiger partial charge in [-0.1, -0.05) is 22.9 Å². The highest BCUT2D eigenvalue weighted by molar-refractivity contribution is 9.10. The summed E-state index contributed by atoms with van der Waals surface area (Å²) in [6, 6.07) is 3.98. The van der Waals surface area contributed by atoms with Gasteiger partial charge in [-0.3, -0.25) is 0 Å². The number of hydrogen-bond donors (Lipinski definition) is 1. The highest BCUT2D eigenvalue weighted by atomic mass is 79.9. The van der Waals surface area contributed by atoms with Gasteiger partial charge in [0.2, 0.25) is 0 Å². The molecule has 2 atom stereocenters. The highest BCUT2D eigenvalue weighted by Gasteiger charge is 2.36. The zero-order valence-electron chi connectivity index (χ0n) is 10.4. The third-order valence-corrected chi connectivity index (χ3v) is 3.78. The Labute approximate surface area is 118 Å². The molecule has 106 valence electrons. The van der Waals surface area contributed by atoms with Crippen LogP contribution in [0, 0.1) is 5.92 Å². The largest absolute Gasteiger partial charge is 0.488 e. The minimum Gasteiger partial charge on any atom is -0.488 e. The topological polar surface area (TPSA) is 21.3 Å². The van der Waals surface area contributed by atoms with E-state index < -0.39 is 11.7 Å². The van der Waals surface area contributed by atoms with Gasteiger partial charge >= 0.3 is 6.18 Å². The van der Waals surface area contributed by atoms with Crippen molar-refractivity contribution in [3.05, 3.63) is 28.2 Å². The standard InChI is InChI=1S/C13H15BrF3NO/c1-8-4-5-18-7-12(8)19-11-3-2-9(14)6-10(11)13(15,16)17/h2-3,6,8,12,18H,4-5,7H2,1H3. The molecule has 1 saturated heterocycles. The van der Waals surface area contributed by atoms with Crippen molar-refractivity contribution in [1.82, 2.24) is 5.32 Å². The highest BCUT2D eigenvalue weighted by Crippen LogP contribution is 2.38. The van der Waals surface area contributed by atoms with E-state index in [0.29, 0.717) is 11.0 Å². The van der Waals surface area contributed by atoms with Gasteiger partial charge in [-0.2, -0.15) is 13.2 Å². The van der Waals surface area contributed by atoms with Gasteiger partial charge in [0.15, 0.2) is 0 Å². The molecule has 1 heterocycles. The van der Waals surface area contributed by atoms with Crippen molar-refractivity contribution in [2.75, 3.05) is 13.1 Å². The van der Waals surface area contributed by atoms with E-state index in [2.05, 4.69) is 21.2 Å². The van der Waals surface area contributed by atoms with Crippen LogP contribution in [0.25, 0.3) is 0 Å². The van der Waals surface area contributed by atoms with Crippen LogP contribution in [0.5, 0.6) is 5.75 Å². The number of halogens is 4. The van der Waals surface area contributed by atoms with Gasteiger partial charge in [-0.15, -0.1) is 0 Å². The number of benzene rings is 1. The molecule has 0 aromatic heterocycles. The molecule has 0 aliphatic carbocycles. The van der Waals surface area contributed by atoms with Crippen LogP contribution < -0.4 is 10.1 Å². The molecule has 6 heteroatoms. The van der Waals surface area contributed by atoms with E-state index >= 15 is 0 Å². The van der Waals surface area contributed by atoms with E-state index in [1.165, 1.54) is 6.07 Å². The zero-order valence-corrected chi connectivity index (χ0v) is 12.0. The first-order valence-corrected chi connectivity index (χ1v) is 6.91. The molecule has 2 unspecified atom stereocenters. The van der Waals surface area contributed by atoms with Gasteiger partial charge in [0.25, 0.3) is 0 Å². The molecule has 0 spiro atoms. The molecule has 1 fully saturated rings. The summed E-state index contributed by atoms with van der Waals surface area (Å²) in [4.78, 5) is 0. The van der Waals surface area contributed by atoms with Gasteiger partial charge in [0, 0.05) is 11.0 Å². The fraction of sp³-hybridized carbons (Fsp3) is 0.538. The summed E-state index contributed by atoms with van der Waals surface area (Å²) in [5, 5.41) is 3.14. The monoisotopic (exact) mass is 337 g/mol. The minimum absolute atomic E-state index is 0.101. The number of ether oxygens (including phenoxy) is 1. The summed E-state index contributed by atoms with van der Waals surface area (Å²) in [5.74, 6) is 0.141. The van der Waals surface area contributed by atoms with E-state index in [1.54, 1.807) is 6.07 Å². The van der Waals surface area contributed by atoms with Gasteiger partial charge in [0.1, 0.15) is 11.9 Å². The van der Waals surface area contributed by atoms with Crippen molar-refractivity contribution in [2.24, 2.45) is 5.92 Å². The Morgan fingerprint density at radius 3 is 2.74 bits per heavy atom. The molecule has 2 nitrogen and oxygen atoms in total. The normalized spacial score (nSPS) is 24.3. The van der Waals surface area contributed by atoms with Crippen LogP contribution in [-0.2, 0) is 6.18 Å². The van der Waals surface area contributed by atoms with Gasteiger partial charge in [-0.25, -0.2) is 0 Å². The quantitative estimate of drug-likeness (QED) is 0.885. The number of alkyl halides is 3. The Kier molecular flexibility index (Phi) is 4.40. The molecular weight excluding hydrogens is 323 g/mol. The van der Waals surface area contributed by atoms with E-state index in [0.717, 1.165) is 19.0 Å². The Balaban J connectivity index is 2.24. The summed E-state index contributed by atoms with van der Waals surface area (Å²) in [6.07, 6.45) is -3.73. The summed E-state index contributed by atoms with van der Waals surface area (Å²) >= 11 is 3.06. The van der Waals surface area contributed by atoms with Crippen molar-refractivity contribution in [1.29, 1.82) is 0 Å². The van der Waals surface area contributed by atoms with E-state index in [1.807, 2.05) is 6.92 Å². The Hall–Kier alpha value is -0.750. The van der Waals surface area contributed by atoms with Crippen molar-refractivity contribution >= 4 is 15.9 Å². The van der Waals surface area contributed by atoms with E-state index in [9.17, 15) is 13.2 Å². The lowest BCUT2D eigenvalue weighted by molar-refractivity contribution is -0.139. The van der Waals surface area contributed by atoms with Crippen LogP contribution >= 0.6 is 15.9 Å². The molecule has 2 rings (SSSR count). The molecule has 19 heavy (non-hydrogen) atoms. The van der Waals surface area contributed by atoms with Gasteiger partial charge in [0.05, 0.1) is 5.56 Å². The molecule has 0 saturated carbocycles. The summed E-state index contributed by atoms with van der Waals surface area (Å²) in [6.45, 7) is 3.46. The van der Waals surface area contributed by atoms with E-state index in [4.69, 9.17) is 4.74 Å². The third kappa shape index (κ3) is 3.63. The van der Waals surface area contributed by atoms with Crippen LogP contribution in [0.4, 0.5) is 13.2 Å². The molecule has 1 aromatic carbocycles. The number of nitrogens with one attached hydrogen (secondary N) is 1. The molecule has 0 bridgehead atoms. The first-order valence-electron chi connectivity index (χ1n) is 6.12. The number of piperidine rings is 1. The van der Waals surface area contributed by atoms with Crippen LogP contribution in [0.15, 0.2) is 22.7 Å². The van der Waals surface area contributed by atoms with Crippen molar-refractivity contribution in [3.63, 3.8) is 0 Å². The lowest BCUT2D eigenvalue weighted by atomic mass is 9.97. The van der Waals surface area contributed by atoms with Crippen LogP contribution in [0.2, 0.25) is 0 Å². The molecule has 1 N–H and O–H groups in total. The first kappa shape index (κ1) is 14.7. The Bertz CT molecular complexity index is 450. The SMILES string of the molecule is CC1CCNCC1Oc1ccc(Br)cc1C(F)(F)F. The molecule has 1 aliphatic heterocycles. The Morgan fingerprint density at radius 1 is 1.37 bits per heavy atom. The zero-order chi connectivity index (χ0) is 14.0. The maximum Gasteiger partial charge on any atom is 0.420 e. The maximum atomic E-state index is 13.0. The smallest absolute Gasteiger partial charge is 0.420 e. The second kappa shape index (κ2) is 5.71. The molecule has 1 aliphatic rings. The van der Waals surface area contributed by atoms with Crippen molar-refractivity contribution < 1.29 is 17.9 Å². The fourth-order valence-electron chi connectivity index (χ4n) is 2.11.